The Labute approximate surface area is 149 Å². The predicted octanol–water partition coefficient (Wildman–Crippen LogP) is 7.22. The van der Waals surface area contributed by atoms with Gasteiger partial charge in [0.15, 0.2) is 0 Å². The summed E-state index contributed by atoms with van der Waals surface area (Å²) >= 11 is 0. The molecule has 2 nitrogen and oxygen atoms in total. The molecule has 0 aliphatic carbocycles. The molecule has 0 amide bonds. The largest absolute Gasteiger partial charge is 0.478 e. The van der Waals surface area contributed by atoms with Crippen LogP contribution >= 0.6 is 0 Å². The summed E-state index contributed by atoms with van der Waals surface area (Å²) in [5.41, 5.74) is 0.345. The van der Waals surface area contributed by atoms with Gasteiger partial charge in [0.2, 0.25) is 0 Å². The molecule has 0 rings (SSSR count). The molecule has 1 N–H and O–H groups in total. The molecule has 0 fully saturated rings. The first-order chi connectivity index (χ1) is 11.7. The van der Waals surface area contributed by atoms with Gasteiger partial charge in [0.1, 0.15) is 0 Å². The molecule has 0 aromatic carbocycles. The van der Waals surface area contributed by atoms with Crippen LogP contribution in [0.5, 0.6) is 0 Å². The van der Waals surface area contributed by atoms with Gasteiger partial charge < -0.3 is 5.11 Å². The minimum atomic E-state index is -0.852. The molecule has 0 aliphatic rings. The summed E-state index contributed by atoms with van der Waals surface area (Å²) in [6, 6.07) is 0. The third kappa shape index (κ3) is 17.1. The first kappa shape index (κ1) is 22.7. The molecule has 0 atom stereocenters. The molecular formula is C22H38O2. The quantitative estimate of drug-likeness (QED) is 0.173. The molecule has 0 saturated carbocycles. The van der Waals surface area contributed by atoms with Gasteiger partial charge in [-0.3, -0.25) is 0 Å². The highest BCUT2D eigenvalue weighted by Gasteiger charge is 2.02. The van der Waals surface area contributed by atoms with E-state index >= 15 is 0 Å². The highest BCUT2D eigenvalue weighted by Crippen LogP contribution is 2.12. The van der Waals surface area contributed by atoms with E-state index in [1.807, 2.05) is 0 Å². The van der Waals surface area contributed by atoms with Gasteiger partial charge in [0.05, 0.1) is 0 Å². The third-order valence-electron chi connectivity index (χ3n) is 4.23. The van der Waals surface area contributed by atoms with Crippen LogP contribution in [-0.2, 0) is 4.79 Å². The zero-order valence-corrected chi connectivity index (χ0v) is 15.8. The Morgan fingerprint density at radius 1 is 0.792 bits per heavy atom. The lowest BCUT2D eigenvalue weighted by molar-refractivity contribution is -0.132. The van der Waals surface area contributed by atoms with E-state index in [1.165, 1.54) is 64.2 Å². The van der Waals surface area contributed by atoms with Gasteiger partial charge in [-0.15, -0.1) is 0 Å². The van der Waals surface area contributed by atoms with Crippen molar-refractivity contribution in [3.63, 3.8) is 0 Å². The van der Waals surface area contributed by atoms with E-state index in [-0.39, 0.29) is 0 Å². The Bertz CT molecular complexity index is 366. The van der Waals surface area contributed by atoms with Crippen LogP contribution in [0.1, 0.15) is 96.8 Å². The lowest BCUT2D eigenvalue weighted by atomic mass is 10.0. The van der Waals surface area contributed by atoms with Crippen molar-refractivity contribution in [2.75, 3.05) is 0 Å². The summed E-state index contributed by atoms with van der Waals surface area (Å²) in [7, 11) is 0. The maximum Gasteiger partial charge on any atom is 0.330 e. The van der Waals surface area contributed by atoms with Gasteiger partial charge >= 0.3 is 5.97 Å². The first-order valence-electron chi connectivity index (χ1n) is 9.89. The van der Waals surface area contributed by atoms with Gasteiger partial charge in [0, 0.05) is 5.57 Å². The highest BCUT2D eigenvalue weighted by atomic mass is 16.4. The van der Waals surface area contributed by atoms with Gasteiger partial charge in [-0.05, 0) is 44.9 Å². The first-order valence-corrected chi connectivity index (χ1v) is 9.89. The second-order valence-electron chi connectivity index (χ2n) is 6.60. The van der Waals surface area contributed by atoms with Crippen LogP contribution < -0.4 is 0 Å². The van der Waals surface area contributed by atoms with Crippen molar-refractivity contribution < 1.29 is 9.90 Å². The molecule has 24 heavy (non-hydrogen) atoms. The molecule has 0 aromatic rings. The Balaban J connectivity index is 3.23. The van der Waals surface area contributed by atoms with Crippen LogP contribution in [0.4, 0.5) is 0 Å². The lowest BCUT2D eigenvalue weighted by Crippen LogP contribution is -1.98. The maximum absolute atomic E-state index is 10.6. The van der Waals surface area contributed by atoms with Crippen LogP contribution in [0.25, 0.3) is 0 Å². The summed E-state index contributed by atoms with van der Waals surface area (Å²) in [6.07, 6.45) is 25.7. The van der Waals surface area contributed by atoms with Crippen LogP contribution in [0.2, 0.25) is 0 Å². The molecule has 138 valence electrons. The number of unbranched alkanes of at least 4 members (excludes halogenated alkanes) is 10. The van der Waals surface area contributed by atoms with Gasteiger partial charge in [-0.2, -0.15) is 0 Å². The van der Waals surface area contributed by atoms with E-state index in [0.717, 1.165) is 19.3 Å². The molecule has 0 saturated heterocycles. The van der Waals surface area contributed by atoms with E-state index in [4.69, 9.17) is 5.11 Å². The summed E-state index contributed by atoms with van der Waals surface area (Å²) in [5.74, 6) is -0.852. The number of carbonyl (C=O) groups is 1. The minimum absolute atomic E-state index is 0.345. The van der Waals surface area contributed by atoms with E-state index in [9.17, 15) is 4.79 Å². The fourth-order valence-electron chi connectivity index (χ4n) is 2.61. The predicted molar refractivity (Wildman–Crippen MR) is 105 cm³/mol. The standard InChI is InChI=1S/C22H38O2/c1-3-4-5-6-7-8-9-10-11-12-13-14-15-16-17-18-19-20-21(2)22(23)24/h7-8,10-11H,2-6,9,12-20H2,1H3,(H,23,24)/b8-7-,11-10-. The molecule has 0 bridgehead atoms. The van der Waals surface area contributed by atoms with Gasteiger partial charge in [-0.25, -0.2) is 4.79 Å². The Kier molecular flexibility index (Phi) is 17.1. The molecule has 0 radical (unpaired) electrons. The van der Waals surface area contributed by atoms with Crippen molar-refractivity contribution in [2.24, 2.45) is 0 Å². The average Bonchev–Trinajstić information content (AvgIpc) is 2.57. The normalized spacial score (nSPS) is 11.5. The third-order valence-corrected chi connectivity index (χ3v) is 4.23. The maximum atomic E-state index is 10.6. The summed E-state index contributed by atoms with van der Waals surface area (Å²) in [4.78, 5) is 10.6. The number of carboxylic acid groups (broad SMARTS) is 1. The zero-order chi connectivity index (χ0) is 17.9. The molecule has 0 aromatic heterocycles. The Morgan fingerprint density at radius 2 is 1.29 bits per heavy atom. The number of carboxylic acids is 1. The van der Waals surface area contributed by atoms with Crippen LogP contribution in [-0.4, -0.2) is 11.1 Å². The summed E-state index contributed by atoms with van der Waals surface area (Å²) in [6.45, 7) is 5.80. The SMILES string of the molecule is C=C(CCCCCCCCC/C=C\C/C=C\CCCCC)C(=O)O. The lowest BCUT2D eigenvalue weighted by Gasteiger charge is -2.02. The Hall–Kier alpha value is -1.31. The number of rotatable bonds is 17. The Morgan fingerprint density at radius 3 is 1.83 bits per heavy atom. The number of hydrogen-bond donors (Lipinski definition) is 1. The van der Waals surface area contributed by atoms with E-state index in [0.29, 0.717) is 12.0 Å². The molecule has 0 spiro atoms. The van der Waals surface area contributed by atoms with Crippen molar-refractivity contribution in [1.29, 1.82) is 0 Å². The molecular weight excluding hydrogens is 296 g/mol. The van der Waals surface area contributed by atoms with Crippen molar-refractivity contribution in [1.82, 2.24) is 0 Å². The highest BCUT2D eigenvalue weighted by molar-refractivity contribution is 5.85. The molecule has 0 aliphatic heterocycles. The summed E-state index contributed by atoms with van der Waals surface area (Å²) < 4.78 is 0. The van der Waals surface area contributed by atoms with Crippen molar-refractivity contribution >= 4 is 5.97 Å². The monoisotopic (exact) mass is 334 g/mol. The van der Waals surface area contributed by atoms with Crippen molar-refractivity contribution in [3.8, 4) is 0 Å². The molecule has 2 heteroatoms. The fourth-order valence-corrected chi connectivity index (χ4v) is 2.61. The molecule has 0 heterocycles. The number of allylic oxidation sites excluding steroid dienone is 4. The second-order valence-corrected chi connectivity index (χ2v) is 6.60. The minimum Gasteiger partial charge on any atom is -0.478 e. The molecule has 0 unspecified atom stereocenters. The van der Waals surface area contributed by atoms with E-state index in [2.05, 4.69) is 37.8 Å². The summed E-state index contributed by atoms with van der Waals surface area (Å²) in [5, 5.41) is 8.71. The van der Waals surface area contributed by atoms with Crippen LogP contribution in [0.3, 0.4) is 0 Å². The van der Waals surface area contributed by atoms with Crippen molar-refractivity contribution in [3.05, 3.63) is 36.5 Å². The fraction of sp³-hybridized carbons (Fsp3) is 0.682. The van der Waals surface area contributed by atoms with Crippen LogP contribution in [0.15, 0.2) is 36.5 Å². The topological polar surface area (TPSA) is 37.3 Å². The van der Waals surface area contributed by atoms with E-state index < -0.39 is 5.97 Å². The van der Waals surface area contributed by atoms with Crippen molar-refractivity contribution in [2.45, 2.75) is 96.8 Å². The second kappa shape index (κ2) is 18.0. The average molecular weight is 335 g/mol. The number of hydrogen-bond acceptors (Lipinski definition) is 1. The smallest absolute Gasteiger partial charge is 0.330 e. The van der Waals surface area contributed by atoms with E-state index in [1.54, 1.807) is 0 Å². The van der Waals surface area contributed by atoms with Crippen LogP contribution in [0, 0.1) is 0 Å². The number of aliphatic carboxylic acids is 1. The zero-order valence-electron chi connectivity index (χ0n) is 15.8. The van der Waals surface area contributed by atoms with Gasteiger partial charge in [0.25, 0.3) is 0 Å². The van der Waals surface area contributed by atoms with Gasteiger partial charge in [-0.1, -0.05) is 82.8 Å².